The van der Waals surface area contributed by atoms with Crippen molar-refractivity contribution in [1.29, 1.82) is 0 Å². The summed E-state index contributed by atoms with van der Waals surface area (Å²) in [5.41, 5.74) is 2.22. The van der Waals surface area contributed by atoms with Gasteiger partial charge in [0.2, 0.25) is 6.79 Å². The van der Waals surface area contributed by atoms with Crippen LogP contribution in [0.2, 0.25) is 0 Å². The van der Waals surface area contributed by atoms with Gasteiger partial charge in [-0.1, -0.05) is 6.07 Å². The molecule has 31 heavy (non-hydrogen) atoms. The van der Waals surface area contributed by atoms with E-state index in [1.54, 1.807) is 7.11 Å². The van der Waals surface area contributed by atoms with Gasteiger partial charge in [-0.05, 0) is 42.0 Å². The SMILES string of the molecule is COc1ccc(N2CCN(CC(O)COCc3ccc4c(c3)OCO4)CC2)cc1.Cl.Cl. The summed E-state index contributed by atoms with van der Waals surface area (Å²) in [5.74, 6) is 2.39. The van der Waals surface area contributed by atoms with E-state index >= 15 is 0 Å². The number of ether oxygens (including phenoxy) is 4. The predicted molar refractivity (Wildman–Crippen MR) is 124 cm³/mol. The summed E-state index contributed by atoms with van der Waals surface area (Å²) in [4.78, 5) is 4.65. The van der Waals surface area contributed by atoms with Gasteiger partial charge in [-0.25, -0.2) is 0 Å². The Morgan fingerprint density at radius 1 is 0.968 bits per heavy atom. The lowest BCUT2D eigenvalue weighted by atomic mass is 10.2. The molecule has 0 amide bonds. The van der Waals surface area contributed by atoms with Gasteiger partial charge in [0.15, 0.2) is 11.5 Å². The number of anilines is 1. The highest BCUT2D eigenvalue weighted by Crippen LogP contribution is 2.32. The van der Waals surface area contributed by atoms with Crippen LogP contribution in [-0.2, 0) is 11.3 Å². The molecule has 172 valence electrons. The van der Waals surface area contributed by atoms with Gasteiger partial charge in [0.1, 0.15) is 5.75 Å². The molecule has 1 unspecified atom stereocenters. The van der Waals surface area contributed by atoms with Gasteiger partial charge in [0, 0.05) is 38.4 Å². The fourth-order valence-corrected chi connectivity index (χ4v) is 3.68. The smallest absolute Gasteiger partial charge is 0.231 e. The van der Waals surface area contributed by atoms with E-state index in [-0.39, 0.29) is 31.6 Å². The number of hydrogen-bond donors (Lipinski definition) is 1. The summed E-state index contributed by atoms with van der Waals surface area (Å²) in [6.45, 7) is 5.37. The summed E-state index contributed by atoms with van der Waals surface area (Å²) in [6.07, 6.45) is -0.503. The molecule has 0 aliphatic carbocycles. The zero-order valence-corrected chi connectivity index (χ0v) is 19.2. The number of fused-ring (bicyclic) bond motifs is 1. The summed E-state index contributed by atoms with van der Waals surface area (Å²) in [5, 5.41) is 10.3. The first-order valence-electron chi connectivity index (χ1n) is 9.97. The molecule has 0 bridgehead atoms. The highest BCUT2D eigenvalue weighted by atomic mass is 35.5. The first-order chi connectivity index (χ1) is 14.2. The molecule has 7 nitrogen and oxygen atoms in total. The quantitative estimate of drug-likeness (QED) is 0.633. The van der Waals surface area contributed by atoms with Crippen LogP contribution < -0.4 is 19.1 Å². The monoisotopic (exact) mass is 472 g/mol. The Hall–Kier alpha value is -1.90. The lowest BCUT2D eigenvalue weighted by Crippen LogP contribution is -2.49. The predicted octanol–water partition coefficient (Wildman–Crippen LogP) is 2.97. The lowest BCUT2D eigenvalue weighted by Gasteiger charge is -2.36. The Balaban J connectivity index is 0.00000171. The fourth-order valence-electron chi connectivity index (χ4n) is 3.68. The van der Waals surface area contributed by atoms with Crippen LogP contribution in [0.25, 0.3) is 0 Å². The molecule has 1 N–H and O–H groups in total. The third-order valence-electron chi connectivity index (χ3n) is 5.29. The maximum absolute atomic E-state index is 10.3. The van der Waals surface area contributed by atoms with Crippen LogP contribution >= 0.6 is 24.8 Å². The van der Waals surface area contributed by atoms with Gasteiger partial charge in [-0.15, -0.1) is 24.8 Å². The van der Waals surface area contributed by atoms with E-state index in [1.165, 1.54) is 5.69 Å². The van der Waals surface area contributed by atoms with Crippen LogP contribution in [-0.4, -0.2) is 69.3 Å². The number of aliphatic hydroxyl groups excluding tert-OH is 1. The molecule has 2 aromatic rings. The summed E-state index contributed by atoms with van der Waals surface area (Å²) >= 11 is 0. The van der Waals surface area contributed by atoms with Crippen LogP contribution in [0.3, 0.4) is 0 Å². The van der Waals surface area contributed by atoms with Crippen LogP contribution in [0, 0.1) is 0 Å². The molecule has 4 rings (SSSR count). The van der Waals surface area contributed by atoms with Crippen molar-refractivity contribution in [3.8, 4) is 17.2 Å². The molecular formula is C22H30Cl2N2O5. The Labute approximate surface area is 195 Å². The zero-order chi connectivity index (χ0) is 20.1. The van der Waals surface area contributed by atoms with E-state index in [4.69, 9.17) is 18.9 Å². The molecule has 9 heteroatoms. The number of rotatable bonds is 8. The molecule has 0 spiro atoms. The number of β-amino-alcohol motifs (C(OH)–C–C–N with tert-alkyl or cyclic N) is 1. The zero-order valence-electron chi connectivity index (χ0n) is 17.6. The molecular weight excluding hydrogens is 443 g/mol. The molecule has 1 fully saturated rings. The van der Waals surface area contributed by atoms with Gasteiger partial charge < -0.3 is 29.0 Å². The molecule has 1 saturated heterocycles. The van der Waals surface area contributed by atoms with Crippen LogP contribution in [0.4, 0.5) is 5.69 Å². The van der Waals surface area contributed by atoms with Crippen molar-refractivity contribution < 1.29 is 24.1 Å². The third-order valence-corrected chi connectivity index (χ3v) is 5.29. The van der Waals surface area contributed by atoms with E-state index in [0.717, 1.165) is 49.0 Å². The molecule has 2 aromatic carbocycles. The Kier molecular flexibility index (Phi) is 9.99. The summed E-state index contributed by atoms with van der Waals surface area (Å²) < 4.78 is 21.6. The van der Waals surface area contributed by atoms with Crippen molar-refractivity contribution in [2.24, 2.45) is 0 Å². The van der Waals surface area contributed by atoms with Gasteiger partial charge in [-0.3, -0.25) is 4.90 Å². The second-order valence-electron chi connectivity index (χ2n) is 7.34. The summed E-state index contributed by atoms with van der Waals surface area (Å²) in [7, 11) is 1.68. The number of piperazine rings is 1. The first kappa shape index (κ1) is 25.4. The number of halogens is 2. The van der Waals surface area contributed by atoms with Crippen molar-refractivity contribution in [2.45, 2.75) is 12.7 Å². The topological polar surface area (TPSA) is 63.6 Å². The standard InChI is InChI=1S/C22H28N2O5.2ClH/c1-26-20-5-3-18(4-6-20)24-10-8-23(9-11-24)13-19(25)15-27-14-17-2-7-21-22(12-17)29-16-28-21;;/h2-7,12,19,25H,8-11,13-16H2,1H3;2*1H. The molecule has 2 aliphatic rings. The van der Waals surface area contributed by atoms with E-state index < -0.39 is 6.10 Å². The Bertz CT molecular complexity index is 801. The van der Waals surface area contributed by atoms with Crippen molar-refractivity contribution in [3.63, 3.8) is 0 Å². The highest BCUT2D eigenvalue weighted by Gasteiger charge is 2.20. The molecule has 2 aliphatic heterocycles. The lowest BCUT2D eigenvalue weighted by molar-refractivity contribution is 0.00911. The van der Waals surface area contributed by atoms with Crippen LogP contribution in [0.5, 0.6) is 17.2 Å². The average molecular weight is 473 g/mol. The second kappa shape index (κ2) is 12.2. The number of aliphatic hydroxyl groups is 1. The van der Waals surface area contributed by atoms with Gasteiger partial charge >= 0.3 is 0 Å². The van der Waals surface area contributed by atoms with Gasteiger partial charge in [-0.2, -0.15) is 0 Å². The van der Waals surface area contributed by atoms with E-state index in [1.807, 2.05) is 30.3 Å². The maximum Gasteiger partial charge on any atom is 0.231 e. The highest BCUT2D eigenvalue weighted by molar-refractivity contribution is 5.85. The summed E-state index contributed by atoms with van der Waals surface area (Å²) in [6, 6.07) is 13.9. The fraction of sp³-hybridized carbons (Fsp3) is 0.455. The largest absolute Gasteiger partial charge is 0.497 e. The van der Waals surface area contributed by atoms with Crippen molar-refractivity contribution in [3.05, 3.63) is 48.0 Å². The Morgan fingerprint density at radius 3 is 2.39 bits per heavy atom. The number of nitrogens with zero attached hydrogens (tertiary/aromatic N) is 2. The van der Waals surface area contributed by atoms with Crippen molar-refractivity contribution in [2.75, 3.05) is 58.1 Å². The van der Waals surface area contributed by atoms with Gasteiger partial charge in [0.25, 0.3) is 0 Å². The number of methoxy groups -OCH3 is 1. The first-order valence-corrected chi connectivity index (χ1v) is 9.97. The van der Waals surface area contributed by atoms with Crippen LogP contribution in [0.15, 0.2) is 42.5 Å². The van der Waals surface area contributed by atoms with Crippen LogP contribution in [0.1, 0.15) is 5.56 Å². The van der Waals surface area contributed by atoms with Crippen molar-refractivity contribution >= 4 is 30.5 Å². The minimum atomic E-state index is -0.503. The molecule has 0 aromatic heterocycles. The van der Waals surface area contributed by atoms with E-state index in [9.17, 15) is 5.11 Å². The molecule has 2 heterocycles. The minimum absolute atomic E-state index is 0. The maximum atomic E-state index is 10.3. The van der Waals surface area contributed by atoms with E-state index in [2.05, 4.69) is 21.9 Å². The minimum Gasteiger partial charge on any atom is -0.497 e. The average Bonchev–Trinajstić information content (AvgIpc) is 3.22. The molecule has 0 radical (unpaired) electrons. The molecule has 1 atom stereocenters. The second-order valence-corrected chi connectivity index (χ2v) is 7.34. The molecule has 0 saturated carbocycles. The number of benzene rings is 2. The normalized spacial score (nSPS) is 16.3. The van der Waals surface area contributed by atoms with E-state index in [0.29, 0.717) is 19.8 Å². The Morgan fingerprint density at radius 2 is 1.68 bits per heavy atom. The third kappa shape index (κ3) is 6.79. The van der Waals surface area contributed by atoms with Gasteiger partial charge in [0.05, 0.1) is 26.4 Å². The van der Waals surface area contributed by atoms with Crippen molar-refractivity contribution in [1.82, 2.24) is 4.90 Å². The number of hydrogen-bond acceptors (Lipinski definition) is 7.